The Kier molecular flexibility index (Phi) is 7.28. The molecular formula is C25H29N3O7. The van der Waals surface area contributed by atoms with Gasteiger partial charge in [0, 0.05) is 24.2 Å². The molecule has 186 valence electrons. The van der Waals surface area contributed by atoms with Gasteiger partial charge in [0.2, 0.25) is 17.5 Å². The van der Waals surface area contributed by atoms with Crippen LogP contribution in [0, 0.1) is 0 Å². The van der Waals surface area contributed by atoms with Crippen LogP contribution in [0.2, 0.25) is 0 Å². The molecule has 1 fully saturated rings. The van der Waals surface area contributed by atoms with Crippen molar-refractivity contribution < 1.29 is 33.0 Å². The van der Waals surface area contributed by atoms with E-state index in [1.807, 2.05) is 6.07 Å². The Morgan fingerprint density at radius 3 is 2.23 bits per heavy atom. The van der Waals surface area contributed by atoms with Crippen LogP contribution in [0.25, 0.3) is 11.4 Å². The van der Waals surface area contributed by atoms with Gasteiger partial charge in [0.05, 0.1) is 41.5 Å². The van der Waals surface area contributed by atoms with E-state index < -0.39 is 0 Å². The maximum absolute atomic E-state index is 13.4. The average molecular weight is 484 g/mol. The molecule has 10 nitrogen and oxygen atoms in total. The number of rotatable bonds is 8. The number of nitrogens with zero attached hydrogens (tertiary/aromatic N) is 3. The van der Waals surface area contributed by atoms with Crippen molar-refractivity contribution in [1.29, 1.82) is 0 Å². The molecule has 3 aromatic rings. The van der Waals surface area contributed by atoms with Crippen molar-refractivity contribution in [1.82, 2.24) is 15.0 Å². The van der Waals surface area contributed by atoms with Crippen molar-refractivity contribution in [2.24, 2.45) is 0 Å². The number of likely N-dealkylation sites (tertiary alicyclic amines) is 1. The first-order chi connectivity index (χ1) is 17.0. The van der Waals surface area contributed by atoms with E-state index >= 15 is 0 Å². The van der Waals surface area contributed by atoms with E-state index in [1.54, 1.807) is 43.4 Å². The third kappa shape index (κ3) is 4.82. The smallest absolute Gasteiger partial charge is 0.254 e. The molecule has 35 heavy (non-hydrogen) atoms. The summed E-state index contributed by atoms with van der Waals surface area (Å²) in [6.45, 7) is 1.09. The molecule has 1 aliphatic rings. The summed E-state index contributed by atoms with van der Waals surface area (Å²) < 4.78 is 32.4. The van der Waals surface area contributed by atoms with Gasteiger partial charge in [-0.15, -0.1) is 0 Å². The van der Waals surface area contributed by atoms with E-state index in [-0.39, 0.29) is 11.8 Å². The molecule has 0 radical (unpaired) electrons. The van der Waals surface area contributed by atoms with Gasteiger partial charge in [-0.3, -0.25) is 4.79 Å². The Morgan fingerprint density at radius 2 is 1.60 bits per heavy atom. The summed E-state index contributed by atoms with van der Waals surface area (Å²) in [4.78, 5) is 19.7. The summed E-state index contributed by atoms with van der Waals surface area (Å²) in [7, 11) is 7.73. The summed E-state index contributed by atoms with van der Waals surface area (Å²) in [5.74, 6) is 3.25. The second-order valence-corrected chi connectivity index (χ2v) is 8.03. The lowest BCUT2D eigenvalue weighted by atomic mass is 9.97. The highest BCUT2D eigenvalue weighted by Crippen LogP contribution is 2.39. The van der Waals surface area contributed by atoms with Crippen molar-refractivity contribution >= 4 is 5.91 Å². The van der Waals surface area contributed by atoms with Crippen LogP contribution in [0.5, 0.6) is 28.7 Å². The fourth-order valence-corrected chi connectivity index (χ4v) is 4.24. The average Bonchev–Trinajstić information content (AvgIpc) is 3.41. The SMILES string of the molecule is COc1ccc(-c2noc([C@H]3CCCN(C(=O)c4cc(OC)c(OC)c(OC)c4)C3)n2)cc1OC. The molecule has 0 aliphatic carbocycles. The number of methoxy groups -OCH3 is 5. The molecule has 0 N–H and O–H groups in total. The fraction of sp³-hybridized carbons (Fsp3) is 0.400. The largest absolute Gasteiger partial charge is 0.493 e. The van der Waals surface area contributed by atoms with E-state index in [9.17, 15) is 4.79 Å². The fourth-order valence-electron chi connectivity index (χ4n) is 4.24. The third-order valence-corrected chi connectivity index (χ3v) is 6.05. The molecule has 0 saturated carbocycles. The molecule has 1 aromatic heterocycles. The predicted molar refractivity (Wildman–Crippen MR) is 127 cm³/mol. The van der Waals surface area contributed by atoms with Crippen LogP contribution >= 0.6 is 0 Å². The Hall–Kier alpha value is -3.95. The number of amides is 1. The first-order valence-electron chi connectivity index (χ1n) is 11.2. The van der Waals surface area contributed by atoms with Gasteiger partial charge < -0.3 is 33.1 Å². The number of carbonyl (C=O) groups is 1. The monoisotopic (exact) mass is 483 g/mol. The second-order valence-electron chi connectivity index (χ2n) is 8.03. The third-order valence-electron chi connectivity index (χ3n) is 6.05. The summed E-state index contributed by atoms with van der Waals surface area (Å²) in [6.07, 6.45) is 1.65. The topological polar surface area (TPSA) is 105 Å². The second kappa shape index (κ2) is 10.5. The zero-order valence-electron chi connectivity index (χ0n) is 20.5. The van der Waals surface area contributed by atoms with Crippen LogP contribution in [0.1, 0.15) is 35.0 Å². The first-order valence-corrected chi connectivity index (χ1v) is 11.2. The van der Waals surface area contributed by atoms with Gasteiger partial charge in [0.1, 0.15) is 0 Å². The molecule has 10 heteroatoms. The maximum Gasteiger partial charge on any atom is 0.254 e. The molecule has 4 rings (SSSR count). The van der Waals surface area contributed by atoms with Gasteiger partial charge in [-0.05, 0) is 43.2 Å². The highest BCUT2D eigenvalue weighted by atomic mass is 16.5. The van der Waals surface area contributed by atoms with Gasteiger partial charge in [-0.25, -0.2) is 0 Å². The Balaban J connectivity index is 1.53. The molecule has 2 heterocycles. The van der Waals surface area contributed by atoms with Crippen LogP contribution in [0.4, 0.5) is 0 Å². The van der Waals surface area contributed by atoms with Gasteiger partial charge in [0.25, 0.3) is 5.91 Å². The minimum atomic E-state index is -0.131. The van der Waals surface area contributed by atoms with Crippen LogP contribution in [-0.4, -0.2) is 69.6 Å². The van der Waals surface area contributed by atoms with Crippen molar-refractivity contribution in [3.63, 3.8) is 0 Å². The summed E-state index contributed by atoms with van der Waals surface area (Å²) in [5, 5.41) is 4.15. The number of hydrogen-bond donors (Lipinski definition) is 0. The van der Waals surface area contributed by atoms with E-state index in [0.29, 0.717) is 59.1 Å². The normalized spacial score (nSPS) is 15.5. The Morgan fingerprint density at radius 1 is 0.914 bits per heavy atom. The number of hydrogen-bond acceptors (Lipinski definition) is 9. The lowest BCUT2D eigenvalue weighted by Crippen LogP contribution is -2.39. The zero-order valence-corrected chi connectivity index (χ0v) is 20.5. The lowest BCUT2D eigenvalue weighted by Gasteiger charge is -2.31. The quantitative estimate of drug-likeness (QED) is 0.473. The molecule has 1 saturated heterocycles. The maximum atomic E-state index is 13.4. The number of carbonyl (C=O) groups excluding carboxylic acids is 1. The molecule has 0 bridgehead atoms. The molecule has 2 aromatic carbocycles. The number of aromatic nitrogens is 2. The minimum absolute atomic E-state index is 0.0730. The van der Waals surface area contributed by atoms with Gasteiger partial charge in [-0.2, -0.15) is 4.98 Å². The van der Waals surface area contributed by atoms with E-state index in [0.717, 1.165) is 18.4 Å². The van der Waals surface area contributed by atoms with Crippen molar-refractivity contribution in [2.75, 3.05) is 48.6 Å². The number of piperidine rings is 1. The van der Waals surface area contributed by atoms with Crippen LogP contribution < -0.4 is 23.7 Å². The highest BCUT2D eigenvalue weighted by molar-refractivity contribution is 5.95. The van der Waals surface area contributed by atoms with Crippen molar-refractivity contribution in [2.45, 2.75) is 18.8 Å². The van der Waals surface area contributed by atoms with Gasteiger partial charge in [-0.1, -0.05) is 5.16 Å². The standard InChI is InChI=1S/C25H29N3O7/c1-30-18-9-8-15(11-19(18)31-2)23-26-24(35-27-23)16-7-6-10-28(14-16)25(29)17-12-20(32-3)22(34-5)21(13-17)33-4/h8-9,11-13,16H,6-7,10,14H2,1-5H3/t16-/m0/s1. The lowest BCUT2D eigenvalue weighted by molar-refractivity contribution is 0.0694. The van der Waals surface area contributed by atoms with Crippen LogP contribution in [0.3, 0.4) is 0 Å². The van der Waals surface area contributed by atoms with E-state index in [1.165, 1.54) is 21.3 Å². The molecule has 0 unspecified atom stereocenters. The van der Waals surface area contributed by atoms with Crippen LogP contribution in [0.15, 0.2) is 34.9 Å². The van der Waals surface area contributed by atoms with Crippen molar-refractivity contribution in [3.8, 4) is 40.1 Å². The summed E-state index contributed by atoms with van der Waals surface area (Å²) >= 11 is 0. The predicted octanol–water partition coefficient (Wildman–Crippen LogP) is 3.80. The summed E-state index contributed by atoms with van der Waals surface area (Å²) in [5.41, 5.74) is 1.20. The number of benzene rings is 2. The molecular weight excluding hydrogens is 454 g/mol. The first kappa shape index (κ1) is 24.2. The molecule has 1 amide bonds. The van der Waals surface area contributed by atoms with Gasteiger partial charge >= 0.3 is 0 Å². The molecule has 1 atom stereocenters. The zero-order chi connectivity index (χ0) is 24.9. The van der Waals surface area contributed by atoms with E-state index in [4.69, 9.17) is 28.2 Å². The van der Waals surface area contributed by atoms with Crippen molar-refractivity contribution in [3.05, 3.63) is 41.8 Å². The Bertz CT molecular complexity index is 1170. The number of ether oxygens (including phenoxy) is 5. The molecule has 1 aliphatic heterocycles. The minimum Gasteiger partial charge on any atom is -0.493 e. The Labute approximate surface area is 203 Å². The van der Waals surface area contributed by atoms with E-state index in [2.05, 4.69) is 10.1 Å². The highest BCUT2D eigenvalue weighted by Gasteiger charge is 2.30. The van der Waals surface area contributed by atoms with Crippen LogP contribution in [-0.2, 0) is 0 Å². The molecule has 0 spiro atoms. The summed E-state index contributed by atoms with van der Waals surface area (Å²) in [6, 6.07) is 8.76. The van der Waals surface area contributed by atoms with Gasteiger partial charge in [0.15, 0.2) is 23.0 Å².